The second kappa shape index (κ2) is 7.51. The lowest BCUT2D eigenvalue weighted by Crippen LogP contribution is -2.36. The van der Waals surface area contributed by atoms with E-state index in [9.17, 15) is 18.8 Å². The molecule has 0 spiro atoms. The van der Waals surface area contributed by atoms with Gasteiger partial charge in [0.2, 0.25) is 5.91 Å². The first-order valence-corrected chi connectivity index (χ1v) is 9.42. The van der Waals surface area contributed by atoms with Crippen molar-refractivity contribution >= 4 is 67.8 Å². The summed E-state index contributed by atoms with van der Waals surface area (Å²) in [7, 11) is 0. The van der Waals surface area contributed by atoms with Crippen LogP contribution in [0.4, 0.5) is 14.9 Å². The lowest BCUT2D eigenvalue weighted by atomic mass is 10.3. The third kappa shape index (κ3) is 4.17. The van der Waals surface area contributed by atoms with Crippen molar-refractivity contribution in [1.82, 2.24) is 4.90 Å². The Morgan fingerprint density at radius 2 is 2.00 bits per heavy atom. The third-order valence-corrected chi connectivity index (χ3v) is 5.67. The van der Waals surface area contributed by atoms with Crippen LogP contribution in [0, 0.1) is 5.82 Å². The zero-order valence-corrected chi connectivity index (χ0v) is 15.7. The molecule has 3 rings (SSSR count). The van der Waals surface area contributed by atoms with Gasteiger partial charge in [-0.15, -0.1) is 11.3 Å². The Balaban J connectivity index is 1.69. The number of nitrogens with one attached hydrogen (secondary N) is 1. The molecule has 1 fully saturated rings. The molecule has 1 aliphatic heterocycles. The maximum atomic E-state index is 13.5. The molecule has 1 N–H and O–H groups in total. The van der Waals surface area contributed by atoms with Gasteiger partial charge in [0.15, 0.2) is 0 Å². The number of hydrogen-bond acceptors (Lipinski definition) is 5. The number of imide groups is 1. The maximum absolute atomic E-state index is 13.5. The van der Waals surface area contributed by atoms with E-state index < -0.39 is 29.4 Å². The SMILES string of the molecule is O=C(CN1C(=O)SC(=Cc2ccc(Br)s2)C1=O)Nc1ccccc1F. The average Bonchev–Trinajstić information content (AvgIpc) is 3.08. The molecule has 0 bridgehead atoms. The number of carbonyl (C=O) groups excluding carboxylic acids is 3. The Kier molecular flexibility index (Phi) is 5.36. The van der Waals surface area contributed by atoms with Crippen molar-refractivity contribution in [2.24, 2.45) is 0 Å². The Bertz CT molecular complexity index is 897. The molecule has 0 atom stereocenters. The second-order valence-electron chi connectivity index (χ2n) is 4.94. The molecule has 1 saturated heterocycles. The summed E-state index contributed by atoms with van der Waals surface area (Å²) in [6.45, 7) is -0.468. The molecule has 25 heavy (non-hydrogen) atoms. The van der Waals surface area contributed by atoms with E-state index in [4.69, 9.17) is 0 Å². The van der Waals surface area contributed by atoms with Crippen molar-refractivity contribution in [3.63, 3.8) is 0 Å². The van der Waals surface area contributed by atoms with Gasteiger partial charge in [0.05, 0.1) is 14.4 Å². The molecule has 1 aromatic carbocycles. The Hall–Kier alpha value is -1.97. The zero-order chi connectivity index (χ0) is 18.0. The van der Waals surface area contributed by atoms with Crippen LogP contribution < -0.4 is 5.32 Å². The minimum Gasteiger partial charge on any atom is -0.322 e. The molecule has 2 heterocycles. The molecule has 2 aromatic rings. The van der Waals surface area contributed by atoms with Crippen LogP contribution in [0.2, 0.25) is 0 Å². The summed E-state index contributed by atoms with van der Waals surface area (Å²) in [6.07, 6.45) is 1.61. The highest BCUT2D eigenvalue weighted by atomic mass is 79.9. The highest BCUT2D eigenvalue weighted by Gasteiger charge is 2.36. The zero-order valence-electron chi connectivity index (χ0n) is 12.5. The van der Waals surface area contributed by atoms with Crippen molar-refractivity contribution < 1.29 is 18.8 Å². The predicted molar refractivity (Wildman–Crippen MR) is 99.7 cm³/mol. The minimum absolute atomic E-state index is 0.00144. The Morgan fingerprint density at radius 1 is 1.24 bits per heavy atom. The number of carbonyl (C=O) groups is 3. The van der Waals surface area contributed by atoms with Crippen LogP contribution in [0.1, 0.15) is 4.88 Å². The van der Waals surface area contributed by atoms with Crippen LogP contribution in [-0.4, -0.2) is 28.5 Å². The molecule has 9 heteroatoms. The van der Waals surface area contributed by atoms with Gasteiger partial charge in [-0.25, -0.2) is 4.39 Å². The number of nitrogens with zero attached hydrogens (tertiary/aromatic N) is 1. The van der Waals surface area contributed by atoms with Gasteiger partial charge in [0.25, 0.3) is 11.1 Å². The maximum Gasteiger partial charge on any atom is 0.294 e. The highest BCUT2D eigenvalue weighted by Crippen LogP contribution is 2.34. The number of benzene rings is 1. The fourth-order valence-corrected chi connectivity index (χ4v) is 4.34. The number of thiophene rings is 1. The minimum atomic E-state index is -0.646. The summed E-state index contributed by atoms with van der Waals surface area (Å²) in [5.41, 5.74) is -0.00144. The first-order valence-electron chi connectivity index (χ1n) is 6.99. The van der Waals surface area contributed by atoms with Gasteiger partial charge in [-0.05, 0) is 58.0 Å². The predicted octanol–water partition coefficient (Wildman–Crippen LogP) is 4.32. The molecule has 1 aliphatic rings. The van der Waals surface area contributed by atoms with Crippen LogP contribution in [-0.2, 0) is 9.59 Å². The summed E-state index contributed by atoms with van der Waals surface area (Å²) in [5, 5.41) is 1.82. The van der Waals surface area contributed by atoms with E-state index in [0.717, 1.165) is 25.3 Å². The van der Waals surface area contributed by atoms with E-state index in [1.165, 1.54) is 29.5 Å². The van der Waals surface area contributed by atoms with Gasteiger partial charge in [0, 0.05) is 4.88 Å². The van der Waals surface area contributed by atoms with Gasteiger partial charge >= 0.3 is 0 Å². The van der Waals surface area contributed by atoms with Crippen LogP contribution in [0.25, 0.3) is 6.08 Å². The number of halogens is 2. The summed E-state index contributed by atoms with van der Waals surface area (Å²) in [4.78, 5) is 38.3. The standard InChI is InChI=1S/C16H10BrFN2O3S2/c17-13-6-5-9(24-13)7-12-15(22)20(16(23)25-12)8-14(21)19-11-4-2-1-3-10(11)18/h1-7H,8H2,(H,19,21). The average molecular weight is 441 g/mol. The molecular weight excluding hydrogens is 431 g/mol. The summed E-state index contributed by atoms with van der Waals surface area (Å²) in [6, 6.07) is 9.32. The third-order valence-electron chi connectivity index (χ3n) is 3.19. The van der Waals surface area contributed by atoms with Crippen LogP contribution >= 0.6 is 39.0 Å². The van der Waals surface area contributed by atoms with Gasteiger partial charge in [-0.3, -0.25) is 19.3 Å². The lowest BCUT2D eigenvalue weighted by Gasteiger charge is -2.12. The molecule has 0 saturated carbocycles. The summed E-state index contributed by atoms with van der Waals surface area (Å²) in [5.74, 6) is -1.77. The van der Waals surface area contributed by atoms with Gasteiger partial charge in [0.1, 0.15) is 12.4 Å². The first kappa shape index (κ1) is 17.8. The Labute approximate surface area is 159 Å². The fraction of sp³-hybridized carbons (Fsp3) is 0.0625. The quantitative estimate of drug-likeness (QED) is 0.718. The van der Waals surface area contributed by atoms with Crippen LogP contribution in [0.15, 0.2) is 45.1 Å². The smallest absolute Gasteiger partial charge is 0.294 e. The van der Waals surface area contributed by atoms with E-state index in [1.54, 1.807) is 12.1 Å². The van der Waals surface area contributed by atoms with Gasteiger partial charge < -0.3 is 5.32 Å². The fourth-order valence-electron chi connectivity index (χ4n) is 2.07. The molecule has 0 aliphatic carbocycles. The van der Waals surface area contributed by atoms with E-state index in [2.05, 4.69) is 21.2 Å². The van der Waals surface area contributed by atoms with E-state index in [1.807, 2.05) is 12.1 Å². The van der Waals surface area contributed by atoms with Crippen molar-refractivity contribution in [3.8, 4) is 0 Å². The van der Waals surface area contributed by atoms with E-state index in [0.29, 0.717) is 0 Å². The van der Waals surface area contributed by atoms with Crippen molar-refractivity contribution in [2.75, 3.05) is 11.9 Å². The number of rotatable bonds is 4. The van der Waals surface area contributed by atoms with Crippen LogP contribution in [0.3, 0.4) is 0 Å². The largest absolute Gasteiger partial charge is 0.322 e. The monoisotopic (exact) mass is 440 g/mol. The molecule has 0 radical (unpaired) electrons. The number of amides is 3. The Morgan fingerprint density at radius 3 is 2.68 bits per heavy atom. The first-order chi connectivity index (χ1) is 11.9. The molecule has 3 amide bonds. The van der Waals surface area contributed by atoms with E-state index >= 15 is 0 Å². The van der Waals surface area contributed by atoms with E-state index in [-0.39, 0.29) is 10.6 Å². The van der Waals surface area contributed by atoms with Crippen molar-refractivity contribution in [2.45, 2.75) is 0 Å². The van der Waals surface area contributed by atoms with Crippen molar-refractivity contribution in [1.29, 1.82) is 0 Å². The normalized spacial score (nSPS) is 15.9. The molecule has 0 unspecified atom stereocenters. The topological polar surface area (TPSA) is 66.5 Å². The number of para-hydroxylation sites is 1. The summed E-state index contributed by atoms with van der Waals surface area (Å²) < 4.78 is 14.4. The number of thioether (sulfide) groups is 1. The molecular formula is C16H10BrFN2O3S2. The van der Waals surface area contributed by atoms with Crippen LogP contribution in [0.5, 0.6) is 0 Å². The van der Waals surface area contributed by atoms with Gasteiger partial charge in [-0.1, -0.05) is 12.1 Å². The second-order valence-corrected chi connectivity index (χ2v) is 8.43. The number of hydrogen-bond donors (Lipinski definition) is 1. The number of anilines is 1. The summed E-state index contributed by atoms with van der Waals surface area (Å²) >= 11 is 5.52. The van der Waals surface area contributed by atoms with Gasteiger partial charge in [-0.2, -0.15) is 0 Å². The lowest BCUT2D eigenvalue weighted by molar-refractivity contribution is -0.127. The molecule has 1 aromatic heterocycles. The van der Waals surface area contributed by atoms with Crippen molar-refractivity contribution in [3.05, 3.63) is 55.8 Å². The molecule has 5 nitrogen and oxygen atoms in total. The highest BCUT2D eigenvalue weighted by molar-refractivity contribution is 9.11. The molecule has 128 valence electrons.